The molecule has 0 spiro atoms. The maximum atomic E-state index is 15.3. The molecule has 2 heterocycles. The Balaban J connectivity index is 1.46. The lowest BCUT2D eigenvalue weighted by Crippen LogP contribution is -2.52. The van der Waals surface area contributed by atoms with Crippen molar-refractivity contribution in [1.29, 1.82) is 0 Å². The molecule has 1 saturated carbocycles. The van der Waals surface area contributed by atoms with E-state index in [0.717, 1.165) is 30.2 Å². The zero-order valence-electron chi connectivity index (χ0n) is 18.5. The van der Waals surface area contributed by atoms with Crippen molar-refractivity contribution in [3.63, 3.8) is 0 Å². The second kappa shape index (κ2) is 9.52. The Morgan fingerprint density at radius 2 is 1.85 bits per heavy atom. The van der Waals surface area contributed by atoms with Crippen molar-refractivity contribution < 1.29 is 23.0 Å². The fraction of sp³-hybridized carbons (Fsp3) is 0.480. The van der Waals surface area contributed by atoms with E-state index < -0.39 is 21.1 Å². The molecule has 3 atom stereocenters. The Bertz CT molecular complexity index is 1080. The van der Waals surface area contributed by atoms with Crippen molar-refractivity contribution in [3.05, 3.63) is 58.6 Å². The van der Waals surface area contributed by atoms with Gasteiger partial charge in [-0.2, -0.15) is 0 Å². The molecule has 0 bridgehead atoms. The summed E-state index contributed by atoms with van der Waals surface area (Å²) >= 11 is 9.20. The summed E-state index contributed by atoms with van der Waals surface area (Å²) in [5, 5.41) is 0.615. The van der Waals surface area contributed by atoms with Gasteiger partial charge in [0, 0.05) is 28.0 Å². The molecule has 1 unspecified atom stereocenters. The summed E-state index contributed by atoms with van der Waals surface area (Å²) in [5.74, 6) is -0.789. The van der Waals surface area contributed by atoms with Gasteiger partial charge in [-0.1, -0.05) is 11.6 Å². The van der Waals surface area contributed by atoms with Gasteiger partial charge in [0.2, 0.25) is 5.91 Å². The first kappa shape index (κ1) is 24.2. The highest BCUT2D eigenvalue weighted by Gasteiger charge is 2.54. The van der Waals surface area contributed by atoms with E-state index in [1.807, 2.05) is 12.1 Å². The summed E-state index contributed by atoms with van der Waals surface area (Å²) < 4.78 is 40.8. The minimum absolute atomic E-state index is 0.00473. The van der Waals surface area contributed by atoms with E-state index in [9.17, 15) is 9.18 Å². The fourth-order valence-corrected chi connectivity index (χ4v) is 8.39. The van der Waals surface area contributed by atoms with Crippen LogP contribution in [0.5, 0.6) is 5.75 Å². The molecule has 1 aliphatic carbocycles. The van der Waals surface area contributed by atoms with Crippen LogP contribution in [0.3, 0.4) is 0 Å². The number of nitrogens with two attached hydrogens (primary N) is 1. The number of carbonyl (C=O) groups is 1. The van der Waals surface area contributed by atoms with E-state index in [0.29, 0.717) is 30.2 Å². The Kier molecular flexibility index (Phi) is 6.79. The monoisotopic (exact) mass is 525 g/mol. The first-order valence-electron chi connectivity index (χ1n) is 11.5. The van der Waals surface area contributed by atoms with E-state index in [1.165, 1.54) is 17.8 Å². The van der Waals surface area contributed by atoms with Crippen molar-refractivity contribution in [3.8, 4) is 5.75 Å². The molecule has 0 radical (unpaired) electrons. The first-order chi connectivity index (χ1) is 16.3. The number of hydrogen-bond acceptors (Lipinski definition) is 5. The van der Waals surface area contributed by atoms with Gasteiger partial charge in [-0.25, -0.2) is 8.78 Å². The predicted molar refractivity (Wildman–Crippen MR) is 132 cm³/mol. The number of hydrogen-bond donors (Lipinski definition) is 1. The Labute approximate surface area is 211 Å². The molecule has 9 heteroatoms. The van der Waals surface area contributed by atoms with E-state index in [1.54, 1.807) is 23.9 Å². The summed E-state index contributed by atoms with van der Waals surface area (Å²) in [5.41, 5.74) is 5.93. The normalized spacial score (nSPS) is 27.1. The molecule has 1 amide bonds. The van der Waals surface area contributed by atoms with Crippen molar-refractivity contribution in [2.75, 3.05) is 19.0 Å². The third kappa shape index (κ3) is 4.21. The molecule has 0 aromatic heterocycles. The van der Waals surface area contributed by atoms with Crippen molar-refractivity contribution >= 4 is 41.0 Å². The highest BCUT2D eigenvalue weighted by Crippen LogP contribution is 2.59. The summed E-state index contributed by atoms with van der Waals surface area (Å²) in [6.07, 6.45) is 3.59. The number of thioether (sulfide) groups is 2. The molecular formula is C25H26ClF2NO3S2. The molecule has 1 saturated heterocycles. The van der Waals surface area contributed by atoms with E-state index in [4.69, 9.17) is 26.8 Å². The van der Waals surface area contributed by atoms with Crippen molar-refractivity contribution in [1.82, 2.24) is 0 Å². The molecule has 4 nitrogen and oxygen atoms in total. The van der Waals surface area contributed by atoms with Crippen LogP contribution in [0, 0.1) is 17.6 Å². The Hall–Kier alpha value is -1.48. The summed E-state index contributed by atoms with van der Waals surface area (Å²) in [4.78, 5) is 12.9. The third-order valence-electron chi connectivity index (χ3n) is 7.25. The Morgan fingerprint density at radius 1 is 1.12 bits per heavy atom. The van der Waals surface area contributed by atoms with Crippen LogP contribution in [0.1, 0.15) is 37.7 Å². The van der Waals surface area contributed by atoms with Gasteiger partial charge < -0.3 is 15.2 Å². The first-order valence-corrected chi connectivity index (χ1v) is 13.6. The highest BCUT2D eigenvalue weighted by atomic mass is 35.5. The lowest BCUT2D eigenvalue weighted by molar-refractivity contribution is -0.122. The van der Waals surface area contributed by atoms with Crippen LogP contribution in [-0.4, -0.2) is 35.7 Å². The van der Waals surface area contributed by atoms with Crippen LogP contribution in [-0.2, 0) is 14.3 Å². The van der Waals surface area contributed by atoms with Crippen LogP contribution >= 0.6 is 35.1 Å². The molecule has 2 N–H and O–H groups in total. The maximum absolute atomic E-state index is 15.3. The number of fused-ring (bicyclic) bond motifs is 3. The number of halogens is 3. The standard InChI is InChI=1S/C25H26ClF2NO3S2/c26-15-2-4-16(5-3-15)34-25-11-12-31-20(8-13-33-24(23(29)30)9-1-10-24)17(25)14-32-22-19(28)7-6-18(27)21(22)25/h2-7,17,20H,1,8-14H2,(H2,29,30)/t17?,20-,25-/m0/s1. The van der Waals surface area contributed by atoms with Gasteiger partial charge in [0.05, 0.1) is 22.2 Å². The minimum Gasteiger partial charge on any atom is -0.490 e. The van der Waals surface area contributed by atoms with E-state index in [-0.39, 0.29) is 35.8 Å². The number of amides is 1. The molecule has 182 valence electrons. The highest BCUT2D eigenvalue weighted by molar-refractivity contribution is 8.01. The van der Waals surface area contributed by atoms with Crippen LogP contribution in [0.25, 0.3) is 0 Å². The van der Waals surface area contributed by atoms with Gasteiger partial charge in [-0.3, -0.25) is 4.79 Å². The molecule has 2 aromatic rings. The second-order valence-corrected chi connectivity index (χ2v) is 12.4. The minimum atomic E-state index is -0.751. The molecule has 34 heavy (non-hydrogen) atoms. The maximum Gasteiger partial charge on any atom is 0.233 e. The van der Waals surface area contributed by atoms with E-state index in [2.05, 4.69) is 0 Å². The quantitative estimate of drug-likeness (QED) is 0.485. The summed E-state index contributed by atoms with van der Waals surface area (Å²) in [6.45, 7) is 0.646. The SMILES string of the molecule is NC(=O)C1(SCC[C@@H]2OCC[C@@]3(Sc4ccc(Cl)cc4)c4c(F)ccc(F)c4OCC23)CCC1. The van der Waals surface area contributed by atoms with Crippen LogP contribution < -0.4 is 10.5 Å². The topological polar surface area (TPSA) is 61.6 Å². The number of ether oxygens (including phenoxy) is 2. The average molecular weight is 526 g/mol. The van der Waals surface area contributed by atoms with Gasteiger partial charge in [0.1, 0.15) is 5.82 Å². The summed E-state index contributed by atoms with van der Waals surface area (Å²) in [6, 6.07) is 9.69. The van der Waals surface area contributed by atoms with Gasteiger partial charge in [-0.15, -0.1) is 23.5 Å². The number of rotatable bonds is 7. The van der Waals surface area contributed by atoms with Crippen molar-refractivity contribution in [2.45, 2.75) is 52.6 Å². The van der Waals surface area contributed by atoms with E-state index >= 15 is 4.39 Å². The fourth-order valence-electron chi connectivity index (χ4n) is 5.26. The molecule has 5 rings (SSSR count). The van der Waals surface area contributed by atoms with Gasteiger partial charge in [0.15, 0.2) is 11.6 Å². The largest absolute Gasteiger partial charge is 0.490 e. The number of carbonyl (C=O) groups excluding carboxylic acids is 1. The molecular weight excluding hydrogens is 500 g/mol. The lowest BCUT2D eigenvalue weighted by atomic mass is 9.75. The third-order valence-corrected chi connectivity index (χ3v) is 10.7. The average Bonchev–Trinajstić information content (AvgIpc) is 2.78. The smallest absolute Gasteiger partial charge is 0.233 e. The van der Waals surface area contributed by atoms with Crippen LogP contribution in [0.4, 0.5) is 8.78 Å². The molecule has 2 aliphatic heterocycles. The Morgan fingerprint density at radius 3 is 2.53 bits per heavy atom. The van der Waals surface area contributed by atoms with Crippen LogP contribution in [0.2, 0.25) is 5.02 Å². The van der Waals surface area contributed by atoms with Gasteiger partial charge >= 0.3 is 0 Å². The predicted octanol–water partition coefficient (Wildman–Crippen LogP) is 5.93. The molecule has 2 aromatic carbocycles. The zero-order valence-corrected chi connectivity index (χ0v) is 20.9. The number of benzene rings is 2. The lowest BCUT2D eigenvalue weighted by Gasteiger charge is -2.50. The molecule has 2 fully saturated rings. The molecule has 3 aliphatic rings. The summed E-state index contributed by atoms with van der Waals surface area (Å²) in [7, 11) is 0. The zero-order chi connectivity index (χ0) is 23.9. The van der Waals surface area contributed by atoms with Crippen molar-refractivity contribution in [2.24, 2.45) is 11.7 Å². The second-order valence-electron chi connectivity index (χ2n) is 9.10. The van der Waals surface area contributed by atoms with Gasteiger partial charge in [-0.05, 0) is 74.3 Å². The van der Waals surface area contributed by atoms with Crippen LogP contribution in [0.15, 0.2) is 41.3 Å². The van der Waals surface area contributed by atoms with Gasteiger partial charge in [0.25, 0.3) is 0 Å². The number of primary amides is 1.